The molecule has 3 heteroatoms. The maximum Gasteiger partial charge on any atom is 0.307 e. The molecule has 2 atom stereocenters. The summed E-state index contributed by atoms with van der Waals surface area (Å²) in [4.78, 5) is 11.3. The molecule has 2 N–H and O–H groups in total. The Kier molecular flexibility index (Phi) is 4.78. The van der Waals surface area contributed by atoms with Crippen LogP contribution in [0.4, 0.5) is 0 Å². The molecule has 1 aliphatic rings. The predicted molar refractivity (Wildman–Crippen MR) is 65.0 cm³/mol. The van der Waals surface area contributed by atoms with Gasteiger partial charge in [-0.05, 0) is 31.1 Å². The number of methoxy groups -OCH3 is 1. The highest BCUT2D eigenvalue weighted by molar-refractivity contribution is 5.70. The van der Waals surface area contributed by atoms with Crippen LogP contribution in [0.5, 0.6) is 0 Å². The summed E-state index contributed by atoms with van der Waals surface area (Å²) in [5.74, 6) is 1.22. The highest BCUT2D eigenvalue weighted by Crippen LogP contribution is 2.36. The molecule has 2 unspecified atom stereocenters. The van der Waals surface area contributed by atoms with Gasteiger partial charge in [-0.2, -0.15) is 0 Å². The van der Waals surface area contributed by atoms with Crippen LogP contribution in [0.25, 0.3) is 0 Å². The summed E-state index contributed by atoms with van der Waals surface area (Å²) in [5, 5.41) is 0. The Balaban J connectivity index is 2.50. The van der Waals surface area contributed by atoms with Crippen molar-refractivity contribution in [2.75, 3.05) is 7.11 Å². The molecule has 1 fully saturated rings. The van der Waals surface area contributed by atoms with Crippen molar-refractivity contribution in [1.82, 2.24) is 0 Å². The number of nitrogens with two attached hydrogens (primary N) is 1. The Morgan fingerprint density at radius 2 is 2.25 bits per heavy atom. The van der Waals surface area contributed by atoms with Gasteiger partial charge in [-0.1, -0.05) is 26.7 Å². The second-order valence-electron chi connectivity index (χ2n) is 5.71. The fourth-order valence-electron chi connectivity index (χ4n) is 2.91. The van der Waals surface area contributed by atoms with Gasteiger partial charge in [-0.15, -0.1) is 0 Å². The first kappa shape index (κ1) is 13.5. The number of ether oxygens (including phenoxy) is 1. The maximum atomic E-state index is 11.3. The van der Waals surface area contributed by atoms with E-state index in [-0.39, 0.29) is 11.5 Å². The molecule has 1 rings (SSSR count). The van der Waals surface area contributed by atoms with E-state index in [4.69, 9.17) is 10.5 Å². The van der Waals surface area contributed by atoms with Crippen molar-refractivity contribution in [2.24, 2.45) is 17.6 Å². The molecule has 0 heterocycles. The Bertz CT molecular complexity index is 240. The third-order valence-corrected chi connectivity index (χ3v) is 3.51. The molecule has 0 aromatic heterocycles. The number of hydrogen-bond acceptors (Lipinski definition) is 3. The number of carbonyl (C=O) groups excluding carboxylic acids is 1. The summed E-state index contributed by atoms with van der Waals surface area (Å²) < 4.78 is 4.72. The number of carbonyl (C=O) groups is 1. The molecule has 94 valence electrons. The summed E-state index contributed by atoms with van der Waals surface area (Å²) >= 11 is 0. The molecule has 0 saturated heterocycles. The predicted octanol–water partition coefficient (Wildman–Crippen LogP) is 2.48. The lowest BCUT2D eigenvalue weighted by molar-refractivity contribution is -0.142. The lowest BCUT2D eigenvalue weighted by atomic mass is 9.72. The summed E-state index contributed by atoms with van der Waals surface area (Å²) in [6, 6.07) is 0. The molecular formula is C13H25NO2. The zero-order chi connectivity index (χ0) is 12.2. The van der Waals surface area contributed by atoms with E-state index < -0.39 is 0 Å². The summed E-state index contributed by atoms with van der Waals surface area (Å²) in [6.45, 7) is 4.49. The van der Waals surface area contributed by atoms with E-state index in [2.05, 4.69) is 13.8 Å². The number of esters is 1. The molecule has 0 aromatic rings. The number of rotatable bonds is 4. The second kappa shape index (κ2) is 5.67. The first-order valence-electron chi connectivity index (χ1n) is 6.31. The lowest BCUT2D eigenvalue weighted by Gasteiger charge is -2.38. The van der Waals surface area contributed by atoms with Crippen molar-refractivity contribution in [1.29, 1.82) is 0 Å². The molecule has 0 spiro atoms. The van der Waals surface area contributed by atoms with Crippen molar-refractivity contribution in [3.63, 3.8) is 0 Å². The summed E-state index contributed by atoms with van der Waals surface area (Å²) in [7, 11) is 1.43. The van der Waals surface area contributed by atoms with Crippen LogP contribution in [0.3, 0.4) is 0 Å². The van der Waals surface area contributed by atoms with Gasteiger partial charge in [0.05, 0.1) is 13.5 Å². The first-order valence-corrected chi connectivity index (χ1v) is 6.31. The zero-order valence-corrected chi connectivity index (χ0v) is 10.8. The van der Waals surface area contributed by atoms with Gasteiger partial charge in [0.1, 0.15) is 0 Å². The summed E-state index contributed by atoms with van der Waals surface area (Å²) in [5.41, 5.74) is 5.99. The van der Waals surface area contributed by atoms with Crippen LogP contribution in [0, 0.1) is 11.8 Å². The van der Waals surface area contributed by atoms with Gasteiger partial charge < -0.3 is 10.5 Å². The molecule has 3 nitrogen and oxygen atoms in total. The molecule has 0 bridgehead atoms. The van der Waals surface area contributed by atoms with Crippen molar-refractivity contribution >= 4 is 5.97 Å². The molecule has 0 amide bonds. The van der Waals surface area contributed by atoms with E-state index in [1.54, 1.807) is 0 Å². The SMILES string of the molecule is COC(=O)CC1(N)CCCC(CC(C)C)C1. The van der Waals surface area contributed by atoms with Gasteiger partial charge in [0.2, 0.25) is 0 Å². The monoisotopic (exact) mass is 227 g/mol. The fourth-order valence-corrected chi connectivity index (χ4v) is 2.91. The molecular weight excluding hydrogens is 202 g/mol. The third-order valence-electron chi connectivity index (χ3n) is 3.51. The Morgan fingerprint density at radius 3 is 2.81 bits per heavy atom. The Morgan fingerprint density at radius 1 is 1.56 bits per heavy atom. The second-order valence-corrected chi connectivity index (χ2v) is 5.71. The normalized spacial score (nSPS) is 30.4. The third kappa shape index (κ3) is 4.12. The average molecular weight is 227 g/mol. The lowest BCUT2D eigenvalue weighted by Crippen LogP contribution is -2.46. The minimum atomic E-state index is -0.315. The van der Waals surface area contributed by atoms with E-state index in [1.807, 2.05) is 0 Å². The summed E-state index contributed by atoms with van der Waals surface area (Å²) in [6.07, 6.45) is 5.93. The largest absolute Gasteiger partial charge is 0.469 e. The van der Waals surface area contributed by atoms with Gasteiger partial charge in [-0.25, -0.2) is 0 Å². The van der Waals surface area contributed by atoms with Crippen LogP contribution < -0.4 is 5.73 Å². The Hall–Kier alpha value is -0.570. The quantitative estimate of drug-likeness (QED) is 0.751. The smallest absolute Gasteiger partial charge is 0.307 e. The van der Waals surface area contributed by atoms with E-state index >= 15 is 0 Å². The topological polar surface area (TPSA) is 52.3 Å². The Labute approximate surface area is 98.7 Å². The average Bonchev–Trinajstić information content (AvgIpc) is 2.15. The van der Waals surface area contributed by atoms with E-state index in [0.717, 1.165) is 19.3 Å². The molecule has 16 heavy (non-hydrogen) atoms. The van der Waals surface area contributed by atoms with Gasteiger partial charge >= 0.3 is 5.97 Å². The first-order chi connectivity index (χ1) is 7.45. The van der Waals surface area contributed by atoms with E-state index in [1.165, 1.54) is 20.0 Å². The minimum absolute atomic E-state index is 0.173. The van der Waals surface area contributed by atoms with E-state index in [9.17, 15) is 4.79 Å². The van der Waals surface area contributed by atoms with Crippen molar-refractivity contribution in [3.8, 4) is 0 Å². The maximum absolute atomic E-state index is 11.3. The van der Waals surface area contributed by atoms with Gasteiger partial charge in [0.25, 0.3) is 0 Å². The van der Waals surface area contributed by atoms with Crippen LogP contribution in [-0.2, 0) is 9.53 Å². The van der Waals surface area contributed by atoms with Crippen LogP contribution in [0.1, 0.15) is 52.4 Å². The molecule has 0 radical (unpaired) electrons. The highest BCUT2D eigenvalue weighted by atomic mass is 16.5. The fraction of sp³-hybridized carbons (Fsp3) is 0.923. The zero-order valence-electron chi connectivity index (χ0n) is 10.8. The minimum Gasteiger partial charge on any atom is -0.469 e. The van der Waals surface area contributed by atoms with Crippen LogP contribution >= 0.6 is 0 Å². The molecule has 0 aliphatic heterocycles. The van der Waals surface area contributed by atoms with Crippen molar-refractivity contribution in [2.45, 2.75) is 57.9 Å². The number of hydrogen-bond donors (Lipinski definition) is 1. The van der Waals surface area contributed by atoms with Crippen molar-refractivity contribution < 1.29 is 9.53 Å². The van der Waals surface area contributed by atoms with E-state index in [0.29, 0.717) is 18.3 Å². The van der Waals surface area contributed by atoms with Crippen LogP contribution in [0.15, 0.2) is 0 Å². The molecule has 0 aromatic carbocycles. The molecule has 1 saturated carbocycles. The van der Waals surface area contributed by atoms with Gasteiger partial charge in [0.15, 0.2) is 0 Å². The van der Waals surface area contributed by atoms with Gasteiger partial charge in [-0.3, -0.25) is 4.79 Å². The standard InChI is InChI=1S/C13H25NO2/c1-10(2)7-11-5-4-6-13(14,8-11)9-12(15)16-3/h10-11H,4-9,14H2,1-3H3. The van der Waals surface area contributed by atoms with Crippen molar-refractivity contribution in [3.05, 3.63) is 0 Å². The van der Waals surface area contributed by atoms with Crippen LogP contribution in [-0.4, -0.2) is 18.6 Å². The molecule has 1 aliphatic carbocycles. The van der Waals surface area contributed by atoms with Gasteiger partial charge in [0, 0.05) is 5.54 Å². The van der Waals surface area contributed by atoms with Crippen LogP contribution in [0.2, 0.25) is 0 Å². The highest BCUT2D eigenvalue weighted by Gasteiger charge is 2.35.